The lowest BCUT2D eigenvalue weighted by Gasteiger charge is -2.49. The molecule has 0 amide bonds. The van der Waals surface area contributed by atoms with Crippen LogP contribution in [-0.4, -0.2) is 6.29 Å². The molecule has 2 unspecified atom stereocenters. The molecule has 1 fully saturated rings. The fourth-order valence-corrected chi connectivity index (χ4v) is 5.63. The monoisotopic (exact) mass is 524 g/mol. The van der Waals surface area contributed by atoms with Gasteiger partial charge in [-0.2, -0.15) is 0 Å². The van der Waals surface area contributed by atoms with Crippen LogP contribution in [0.2, 0.25) is 0 Å². The molecule has 0 N–H and O–H groups in total. The zero-order valence-electron chi connectivity index (χ0n) is 26.4. The summed E-state index contributed by atoms with van der Waals surface area (Å²) >= 11 is 0. The fourth-order valence-electron chi connectivity index (χ4n) is 5.63. The molecule has 0 aliphatic heterocycles. The SMILES string of the molecule is CC.CCC.CCCC(CC)c1ccc(OC(CC2(C(C)(C)C)CCCCC2)OCc2ccccc2)cc1. The Hall–Kier alpha value is -1.80. The van der Waals surface area contributed by atoms with Crippen molar-refractivity contribution < 1.29 is 9.47 Å². The lowest BCUT2D eigenvalue weighted by atomic mass is 9.57. The van der Waals surface area contributed by atoms with E-state index in [1.807, 2.05) is 13.8 Å². The summed E-state index contributed by atoms with van der Waals surface area (Å²) < 4.78 is 13.0. The van der Waals surface area contributed by atoms with E-state index in [0.29, 0.717) is 12.5 Å². The van der Waals surface area contributed by atoms with Crippen molar-refractivity contribution in [2.75, 3.05) is 0 Å². The van der Waals surface area contributed by atoms with Crippen LogP contribution < -0.4 is 4.74 Å². The van der Waals surface area contributed by atoms with Gasteiger partial charge in [0.1, 0.15) is 5.75 Å². The lowest BCUT2D eigenvalue weighted by molar-refractivity contribution is -0.136. The first-order valence-electron chi connectivity index (χ1n) is 15.7. The lowest BCUT2D eigenvalue weighted by Crippen LogP contribution is -2.42. The van der Waals surface area contributed by atoms with Gasteiger partial charge in [-0.1, -0.05) is 137 Å². The maximum absolute atomic E-state index is 6.57. The third kappa shape index (κ3) is 11.1. The average molecular weight is 525 g/mol. The fraction of sp³-hybridized carbons (Fsp3) is 0.667. The Morgan fingerprint density at radius 3 is 1.89 bits per heavy atom. The molecule has 1 aliphatic carbocycles. The second kappa shape index (κ2) is 18.5. The van der Waals surface area contributed by atoms with Crippen molar-refractivity contribution in [3.8, 4) is 5.75 Å². The molecule has 0 saturated heterocycles. The van der Waals surface area contributed by atoms with Gasteiger partial charge in [0.15, 0.2) is 0 Å². The van der Waals surface area contributed by atoms with Gasteiger partial charge in [0.05, 0.1) is 6.61 Å². The normalized spacial score (nSPS) is 16.2. The van der Waals surface area contributed by atoms with E-state index in [-0.39, 0.29) is 17.1 Å². The van der Waals surface area contributed by atoms with Gasteiger partial charge < -0.3 is 9.47 Å². The molecule has 0 spiro atoms. The summed E-state index contributed by atoms with van der Waals surface area (Å²) in [4.78, 5) is 0. The summed E-state index contributed by atoms with van der Waals surface area (Å²) in [7, 11) is 0. The summed E-state index contributed by atoms with van der Waals surface area (Å²) in [6.07, 6.45) is 12.1. The summed E-state index contributed by atoms with van der Waals surface area (Å²) in [6, 6.07) is 19.3. The number of benzene rings is 2. The highest BCUT2D eigenvalue weighted by Crippen LogP contribution is 2.53. The van der Waals surface area contributed by atoms with E-state index >= 15 is 0 Å². The smallest absolute Gasteiger partial charge is 0.200 e. The third-order valence-corrected chi connectivity index (χ3v) is 7.99. The van der Waals surface area contributed by atoms with Crippen LogP contribution in [0.25, 0.3) is 0 Å². The molecular formula is C36H60O2. The van der Waals surface area contributed by atoms with E-state index in [4.69, 9.17) is 9.47 Å². The number of hydrogen-bond acceptors (Lipinski definition) is 2. The maximum atomic E-state index is 6.57. The van der Waals surface area contributed by atoms with Crippen molar-refractivity contribution in [3.05, 3.63) is 65.7 Å². The van der Waals surface area contributed by atoms with Gasteiger partial charge in [-0.3, -0.25) is 0 Å². The number of ether oxygens (including phenoxy) is 2. The van der Waals surface area contributed by atoms with Gasteiger partial charge in [-0.25, -0.2) is 0 Å². The molecule has 38 heavy (non-hydrogen) atoms. The van der Waals surface area contributed by atoms with E-state index in [0.717, 1.165) is 12.2 Å². The molecule has 2 atom stereocenters. The van der Waals surface area contributed by atoms with Gasteiger partial charge >= 0.3 is 0 Å². The molecule has 0 bridgehead atoms. The van der Waals surface area contributed by atoms with Crippen LogP contribution in [-0.2, 0) is 11.3 Å². The van der Waals surface area contributed by atoms with Crippen LogP contribution in [0.3, 0.4) is 0 Å². The van der Waals surface area contributed by atoms with Gasteiger partial charge in [0, 0.05) is 6.42 Å². The predicted octanol–water partition coefficient (Wildman–Crippen LogP) is 11.7. The van der Waals surface area contributed by atoms with Crippen LogP contribution >= 0.6 is 0 Å². The van der Waals surface area contributed by atoms with Gasteiger partial charge in [-0.05, 0) is 65.7 Å². The summed E-state index contributed by atoms with van der Waals surface area (Å²) in [6.45, 7) is 20.6. The van der Waals surface area contributed by atoms with Crippen molar-refractivity contribution in [2.45, 2.75) is 145 Å². The minimum absolute atomic E-state index is 0.226. The Morgan fingerprint density at radius 2 is 1.39 bits per heavy atom. The van der Waals surface area contributed by atoms with E-state index in [1.165, 1.54) is 68.9 Å². The molecule has 0 heterocycles. The van der Waals surface area contributed by atoms with Crippen molar-refractivity contribution >= 4 is 0 Å². The highest BCUT2D eigenvalue weighted by Gasteiger charge is 2.44. The molecule has 0 radical (unpaired) electrons. The Kier molecular flexibility index (Phi) is 16.6. The maximum Gasteiger partial charge on any atom is 0.200 e. The Morgan fingerprint density at radius 1 is 0.816 bits per heavy atom. The first kappa shape index (κ1) is 34.2. The second-order valence-electron chi connectivity index (χ2n) is 11.8. The Labute approximate surface area is 236 Å². The van der Waals surface area contributed by atoms with E-state index in [2.05, 4.69) is 103 Å². The average Bonchev–Trinajstić information content (AvgIpc) is 2.93. The third-order valence-electron chi connectivity index (χ3n) is 7.99. The van der Waals surface area contributed by atoms with E-state index in [1.54, 1.807) is 0 Å². The van der Waals surface area contributed by atoms with Crippen molar-refractivity contribution in [3.63, 3.8) is 0 Å². The first-order chi connectivity index (χ1) is 18.3. The van der Waals surface area contributed by atoms with E-state index < -0.39 is 0 Å². The Balaban J connectivity index is 0.00000135. The zero-order chi connectivity index (χ0) is 28.4. The summed E-state index contributed by atoms with van der Waals surface area (Å²) in [5, 5.41) is 0. The highest BCUT2D eigenvalue weighted by atomic mass is 16.7. The molecular weight excluding hydrogens is 464 g/mol. The molecule has 216 valence electrons. The second-order valence-corrected chi connectivity index (χ2v) is 11.8. The predicted molar refractivity (Wildman–Crippen MR) is 167 cm³/mol. The van der Waals surface area contributed by atoms with Crippen LogP contribution in [0.4, 0.5) is 0 Å². The standard InChI is InChI=1S/C31H46O2.C3H8.C2H6/c1-6-14-26(7-2)27-17-19-28(20-18-27)33-29(32-24-25-15-10-8-11-16-25)23-31(30(3,4)5)21-12-9-13-22-31;1-3-2;1-2/h8,10-11,15-20,26,29H,6-7,9,12-14,21-24H2,1-5H3;3H2,1-2H3;1-2H3. The van der Waals surface area contributed by atoms with Crippen LogP contribution in [0.15, 0.2) is 54.6 Å². The molecule has 2 aromatic carbocycles. The minimum Gasteiger partial charge on any atom is -0.465 e. The molecule has 2 aromatic rings. The highest BCUT2D eigenvalue weighted by molar-refractivity contribution is 5.29. The number of rotatable bonds is 11. The van der Waals surface area contributed by atoms with Crippen molar-refractivity contribution in [2.24, 2.45) is 10.8 Å². The molecule has 1 aliphatic rings. The first-order valence-corrected chi connectivity index (χ1v) is 15.7. The number of hydrogen-bond donors (Lipinski definition) is 0. The molecule has 2 heteroatoms. The minimum atomic E-state index is -0.244. The molecule has 2 nitrogen and oxygen atoms in total. The van der Waals surface area contributed by atoms with E-state index in [9.17, 15) is 0 Å². The molecule has 1 saturated carbocycles. The van der Waals surface area contributed by atoms with Gasteiger partial charge in [0.25, 0.3) is 0 Å². The van der Waals surface area contributed by atoms with Gasteiger partial charge in [-0.15, -0.1) is 0 Å². The molecule has 3 rings (SSSR count). The Bertz CT molecular complexity index is 813. The summed E-state index contributed by atoms with van der Waals surface area (Å²) in [5.74, 6) is 1.56. The van der Waals surface area contributed by atoms with Crippen LogP contribution in [0, 0.1) is 10.8 Å². The van der Waals surface area contributed by atoms with Crippen molar-refractivity contribution in [1.29, 1.82) is 0 Å². The molecule has 0 aromatic heterocycles. The van der Waals surface area contributed by atoms with Crippen molar-refractivity contribution in [1.82, 2.24) is 0 Å². The summed E-state index contributed by atoms with van der Waals surface area (Å²) in [5.41, 5.74) is 3.09. The van der Waals surface area contributed by atoms with Crippen LogP contribution in [0.1, 0.15) is 144 Å². The topological polar surface area (TPSA) is 18.5 Å². The largest absolute Gasteiger partial charge is 0.465 e. The van der Waals surface area contributed by atoms with Gasteiger partial charge in [0.2, 0.25) is 6.29 Å². The zero-order valence-corrected chi connectivity index (χ0v) is 26.4. The van der Waals surface area contributed by atoms with Crippen LogP contribution in [0.5, 0.6) is 5.75 Å². The quantitative estimate of drug-likeness (QED) is 0.272.